The third-order valence-electron chi connectivity index (χ3n) is 3.85. The van der Waals surface area contributed by atoms with E-state index in [1.807, 2.05) is 24.4 Å². The lowest BCUT2D eigenvalue weighted by Gasteiger charge is -2.24. The van der Waals surface area contributed by atoms with Crippen molar-refractivity contribution >= 4 is 11.3 Å². The number of rotatable bonds is 6. The third kappa shape index (κ3) is 3.28. The van der Waals surface area contributed by atoms with Crippen molar-refractivity contribution in [2.24, 2.45) is 5.73 Å². The molecule has 2 aromatic rings. The molecule has 0 saturated carbocycles. The summed E-state index contributed by atoms with van der Waals surface area (Å²) in [4.78, 5) is 1.01. The Hall–Kier alpha value is -1.36. The van der Waals surface area contributed by atoms with Gasteiger partial charge in [0.25, 0.3) is 0 Å². The van der Waals surface area contributed by atoms with Gasteiger partial charge in [0, 0.05) is 22.9 Å². The fourth-order valence-electron chi connectivity index (χ4n) is 2.65. The van der Waals surface area contributed by atoms with Crippen LogP contribution in [0.2, 0.25) is 0 Å². The maximum Gasteiger partial charge on any atom is 0.122 e. The van der Waals surface area contributed by atoms with E-state index in [4.69, 9.17) is 10.5 Å². The van der Waals surface area contributed by atoms with Crippen LogP contribution in [0.15, 0.2) is 29.6 Å². The first-order valence-electron chi connectivity index (χ1n) is 7.21. The maximum absolute atomic E-state index is 10.8. The van der Waals surface area contributed by atoms with Gasteiger partial charge in [0.2, 0.25) is 0 Å². The summed E-state index contributed by atoms with van der Waals surface area (Å²) in [5.74, 6) is 0.619. The van der Waals surface area contributed by atoms with Crippen molar-refractivity contribution in [1.82, 2.24) is 0 Å². The number of benzene rings is 1. The van der Waals surface area contributed by atoms with Crippen LogP contribution >= 0.6 is 11.3 Å². The van der Waals surface area contributed by atoms with Crippen molar-refractivity contribution in [3.8, 4) is 5.75 Å². The van der Waals surface area contributed by atoms with Crippen LogP contribution in [0.1, 0.15) is 40.5 Å². The van der Waals surface area contributed by atoms with E-state index >= 15 is 0 Å². The van der Waals surface area contributed by atoms with Crippen LogP contribution in [0, 0.1) is 6.92 Å². The third-order valence-corrected chi connectivity index (χ3v) is 4.88. The van der Waals surface area contributed by atoms with Crippen molar-refractivity contribution in [3.63, 3.8) is 0 Å². The van der Waals surface area contributed by atoms with Crippen molar-refractivity contribution in [3.05, 3.63) is 51.2 Å². The molecule has 0 bridgehead atoms. The molecule has 0 aliphatic carbocycles. The molecule has 0 radical (unpaired) electrons. The van der Waals surface area contributed by atoms with Crippen LogP contribution < -0.4 is 10.5 Å². The average Bonchev–Trinajstić information content (AvgIpc) is 2.96. The van der Waals surface area contributed by atoms with Crippen molar-refractivity contribution in [1.29, 1.82) is 0 Å². The molecule has 0 aliphatic rings. The van der Waals surface area contributed by atoms with Gasteiger partial charge in [0.1, 0.15) is 5.75 Å². The molecule has 2 rings (SSSR count). The van der Waals surface area contributed by atoms with Gasteiger partial charge < -0.3 is 15.6 Å². The number of ether oxygens (including phenoxy) is 1. The predicted molar refractivity (Wildman–Crippen MR) is 88.2 cm³/mol. The second-order valence-electron chi connectivity index (χ2n) is 5.20. The number of nitrogens with two attached hydrogens (primary N) is 1. The van der Waals surface area contributed by atoms with Gasteiger partial charge in [-0.3, -0.25) is 0 Å². The van der Waals surface area contributed by atoms with E-state index in [-0.39, 0.29) is 5.92 Å². The fourth-order valence-corrected chi connectivity index (χ4v) is 3.70. The SMILES string of the molecule is CCc1ccsc1C(O)C(CN)c1cc(C)ccc1OC. The molecule has 4 heteroatoms. The quantitative estimate of drug-likeness (QED) is 0.860. The molecule has 114 valence electrons. The van der Waals surface area contributed by atoms with Gasteiger partial charge in [-0.2, -0.15) is 0 Å². The van der Waals surface area contributed by atoms with E-state index in [1.165, 1.54) is 5.56 Å². The Labute approximate surface area is 130 Å². The molecular formula is C17H23NO2S. The van der Waals surface area contributed by atoms with Crippen LogP contribution in [-0.2, 0) is 6.42 Å². The lowest BCUT2D eigenvalue weighted by molar-refractivity contribution is 0.148. The lowest BCUT2D eigenvalue weighted by atomic mass is 9.89. The second kappa shape index (κ2) is 7.07. The van der Waals surface area contributed by atoms with E-state index in [2.05, 4.69) is 19.1 Å². The summed E-state index contributed by atoms with van der Waals surface area (Å²) in [5.41, 5.74) is 9.27. The Morgan fingerprint density at radius 2 is 2.10 bits per heavy atom. The molecule has 0 spiro atoms. The Kier molecular flexibility index (Phi) is 5.39. The smallest absolute Gasteiger partial charge is 0.122 e. The van der Waals surface area contributed by atoms with E-state index in [0.29, 0.717) is 6.54 Å². The monoisotopic (exact) mass is 305 g/mol. The Balaban J connectivity index is 2.42. The van der Waals surface area contributed by atoms with Gasteiger partial charge in [-0.1, -0.05) is 24.6 Å². The highest BCUT2D eigenvalue weighted by Gasteiger charge is 2.26. The molecule has 0 saturated heterocycles. The first kappa shape index (κ1) is 16.0. The first-order chi connectivity index (χ1) is 10.1. The molecule has 0 aliphatic heterocycles. The minimum Gasteiger partial charge on any atom is -0.496 e. The molecule has 1 aromatic carbocycles. The van der Waals surface area contributed by atoms with Crippen molar-refractivity contribution in [2.75, 3.05) is 13.7 Å². The highest BCUT2D eigenvalue weighted by Crippen LogP contribution is 2.39. The molecule has 3 N–H and O–H groups in total. The van der Waals surface area contributed by atoms with Crippen LogP contribution in [-0.4, -0.2) is 18.8 Å². The van der Waals surface area contributed by atoms with Gasteiger partial charge >= 0.3 is 0 Å². The van der Waals surface area contributed by atoms with Crippen molar-refractivity contribution < 1.29 is 9.84 Å². The van der Waals surface area contributed by atoms with Crippen molar-refractivity contribution in [2.45, 2.75) is 32.3 Å². The van der Waals surface area contributed by atoms with Gasteiger partial charge in [-0.25, -0.2) is 0 Å². The summed E-state index contributed by atoms with van der Waals surface area (Å²) in [5, 5.41) is 12.8. The summed E-state index contributed by atoms with van der Waals surface area (Å²) < 4.78 is 5.44. The van der Waals surface area contributed by atoms with Gasteiger partial charge in [-0.15, -0.1) is 11.3 Å². The molecule has 0 amide bonds. The van der Waals surface area contributed by atoms with Crippen LogP contribution in [0.3, 0.4) is 0 Å². The summed E-state index contributed by atoms with van der Waals surface area (Å²) in [6.07, 6.45) is 0.318. The zero-order valence-corrected chi connectivity index (χ0v) is 13.6. The van der Waals surface area contributed by atoms with Crippen LogP contribution in [0.5, 0.6) is 5.75 Å². The zero-order chi connectivity index (χ0) is 15.4. The Morgan fingerprint density at radius 1 is 1.33 bits per heavy atom. The minimum atomic E-state index is -0.597. The highest BCUT2D eigenvalue weighted by molar-refractivity contribution is 7.10. The zero-order valence-electron chi connectivity index (χ0n) is 12.8. The molecule has 2 atom stereocenters. The second-order valence-corrected chi connectivity index (χ2v) is 6.14. The summed E-state index contributed by atoms with van der Waals surface area (Å²) in [6, 6.07) is 8.07. The normalized spacial score (nSPS) is 14.0. The van der Waals surface area contributed by atoms with E-state index in [1.54, 1.807) is 18.4 Å². The highest BCUT2D eigenvalue weighted by atomic mass is 32.1. The largest absolute Gasteiger partial charge is 0.496 e. The van der Waals surface area contributed by atoms with Gasteiger partial charge in [-0.05, 0) is 36.4 Å². The summed E-state index contributed by atoms with van der Waals surface area (Å²) >= 11 is 1.59. The number of aliphatic hydroxyl groups is 1. The number of methoxy groups -OCH3 is 1. The number of aryl methyl sites for hydroxylation is 2. The van der Waals surface area contributed by atoms with E-state index in [9.17, 15) is 5.11 Å². The molecule has 1 heterocycles. The topological polar surface area (TPSA) is 55.5 Å². The first-order valence-corrected chi connectivity index (χ1v) is 8.09. The van der Waals surface area contributed by atoms with Crippen LogP contribution in [0.25, 0.3) is 0 Å². The molecule has 21 heavy (non-hydrogen) atoms. The number of hydrogen-bond acceptors (Lipinski definition) is 4. The average molecular weight is 305 g/mol. The number of aliphatic hydroxyl groups excluding tert-OH is 1. The van der Waals surface area contributed by atoms with Gasteiger partial charge in [0.15, 0.2) is 0 Å². The van der Waals surface area contributed by atoms with E-state index < -0.39 is 6.10 Å². The predicted octanol–water partition coefficient (Wildman–Crippen LogP) is 3.40. The minimum absolute atomic E-state index is 0.163. The maximum atomic E-state index is 10.8. The molecular weight excluding hydrogens is 282 g/mol. The number of hydrogen-bond donors (Lipinski definition) is 2. The van der Waals surface area contributed by atoms with Gasteiger partial charge in [0.05, 0.1) is 13.2 Å². The molecule has 3 nitrogen and oxygen atoms in total. The summed E-state index contributed by atoms with van der Waals surface area (Å²) in [6.45, 7) is 4.51. The molecule has 0 fully saturated rings. The standard InChI is InChI=1S/C17H23NO2S/c1-4-12-7-8-21-17(12)16(19)14(10-18)13-9-11(2)5-6-15(13)20-3/h5-9,14,16,19H,4,10,18H2,1-3H3. The lowest BCUT2D eigenvalue weighted by Crippen LogP contribution is -2.21. The van der Waals surface area contributed by atoms with E-state index in [0.717, 1.165) is 28.2 Å². The Bertz CT molecular complexity index is 594. The fraction of sp³-hybridized carbons (Fsp3) is 0.412. The summed E-state index contributed by atoms with van der Waals surface area (Å²) in [7, 11) is 1.65. The molecule has 1 aromatic heterocycles. The van der Waals surface area contributed by atoms with Crippen LogP contribution in [0.4, 0.5) is 0 Å². The Morgan fingerprint density at radius 3 is 2.71 bits per heavy atom. The molecule has 2 unspecified atom stereocenters. The number of thiophene rings is 1.